The summed E-state index contributed by atoms with van der Waals surface area (Å²) in [6, 6.07) is 0. The van der Waals surface area contributed by atoms with Crippen molar-refractivity contribution in [1.82, 2.24) is 9.88 Å². The van der Waals surface area contributed by atoms with Gasteiger partial charge in [0.25, 0.3) is 0 Å². The molecule has 0 saturated heterocycles. The van der Waals surface area contributed by atoms with Crippen molar-refractivity contribution in [3.05, 3.63) is 28.2 Å². The zero-order chi connectivity index (χ0) is 14.2. The SMILES string of the molecule is CC(C)=C[C@@H]1[C@H](C(=O)N(C)Cc2cscn2)C1(C)C. The van der Waals surface area contributed by atoms with Gasteiger partial charge in [-0.2, -0.15) is 0 Å². The molecule has 0 bridgehead atoms. The summed E-state index contributed by atoms with van der Waals surface area (Å²) in [4.78, 5) is 18.6. The van der Waals surface area contributed by atoms with Gasteiger partial charge in [-0.25, -0.2) is 4.98 Å². The second-order valence-electron chi connectivity index (χ2n) is 6.24. The molecule has 2 atom stereocenters. The van der Waals surface area contributed by atoms with Gasteiger partial charge in [-0.15, -0.1) is 11.3 Å². The van der Waals surface area contributed by atoms with E-state index >= 15 is 0 Å². The van der Waals surface area contributed by atoms with E-state index in [2.05, 4.69) is 38.8 Å². The lowest BCUT2D eigenvalue weighted by Crippen LogP contribution is -2.29. The van der Waals surface area contributed by atoms with Crippen LogP contribution in [0.3, 0.4) is 0 Å². The van der Waals surface area contributed by atoms with Crippen molar-refractivity contribution < 1.29 is 4.79 Å². The van der Waals surface area contributed by atoms with Crippen LogP contribution in [0.25, 0.3) is 0 Å². The van der Waals surface area contributed by atoms with Gasteiger partial charge >= 0.3 is 0 Å². The average molecular weight is 278 g/mol. The number of rotatable bonds is 4. The lowest BCUT2D eigenvalue weighted by atomic mass is 10.1. The molecule has 1 aliphatic rings. The summed E-state index contributed by atoms with van der Waals surface area (Å²) in [5, 5.41) is 2.00. The Labute approximate surface area is 119 Å². The molecule has 0 aromatic carbocycles. The third-order valence-electron chi connectivity index (χ3n) is 3.95. The normalized spacial score (nSPS) is 23.8. The van der Waals surface area contributed by atoms with E-state index in [0.29, 0.717) is 12.5 Å². The summed E-state index contributed by atoms with van der Waals surface area (Å²) in [5.74, 6) is 0.731. The van der Waals surface area contributed by atoms with Crippen LogP contribution in [-0.4, -0.2) is 22.8 Å². The molecule has 4 heteroatoms. The van der Waals surface area contributed by atoms with Crippen LogP contribution in [0.2, 0.25) is 0 Å². The molecule has 1 amide bonds. The van der Waals surface area contributed by atoms with E-state index in [1.807, 2.05) is 12.4 Å². The molecule has 1 saturated carbocycles. The maximum absolute atomic E-state index is 12.5. The first-order valence-electron chi connectivity index (χ1n) is 6.61. The van der Waals surface area contributed by atoms with Crippen LogP contribution in [-0.2, 0) is 11.3 Å². The first-order valence-corrected chi connectivity index (χ1v) is 7.55. The van der Waals surface area contributed by atoms with E-state index < -0.39 is 0 Å². The van der Waals surface area contributed by atoms with Crippen LogP contribution in [0, 0.1) is 17.3 Å². The summed E-state index contributed by atoms with van der Waals surface area (Å²) in [5.41, 5.74) is 4.15. The molecule has 1 heterocycles. The summed E-state index contributed by atoms with van der Waals surface area (Å²) in [6.45, 7) is 9.15. The molecule has 1 fully saturated rings. The number of allylic oxidation sites excluding steroid dienone is 2. The molecule has 104 valence electrons. The molecular weight excluding hydrogens is 256 g/mol. The molecule has 0 aliphatic heterocycles. The first kappa shape index (κ1) is 14.3. The molecule has 0 spiro atoms. The number of hydrogen-bond acceptors (Lipinski definition) is 3. The highest BCUT2D eigenvalue weighted by Crippen LogP contribution is 2.60. The van der Waals surface area contributed by atoms with Gasteiger partial charge in [-0.05, 0) is 25.2 Å². The van der Waals surface area contributed by atoms with Crippen molar-refractivity contribution in [3.63, 3.8) is 0 Å². The fourth-order valence-corrected chi connectivity index (χ4v) is 3.24. The highest BCUT2D eigenvalue weighted by atomic mass is 32.1. The second-order valence-corrected chi connectivity index (χ2v) is 6.96. The smallest absolute Gasteiger partial charge is 0.226 e. The van der Waals surface area contributed by atoms with Crippen molar-refractivity contribution >= 4 is 17.2 Å². The van der Waals surface area contributed by atoms with Crippen LogP contribution in [0.5, 0.6) is 0 Å². The van der Waals surface area contributed by atoms with Gasteiger partial charge in [0.05, 0.1) is 23.7 Å². The predicted molar refractivity (Wildman–Crippen MR) is 78.8 cm³/mol. The molecule has 1 aliphatic carbocycles. The van der Waals surface area contributed by atoms with Crippen LogP contribution in [0.4, 0.5) is 0 Å². The van der Waals surface area contributed by atoms with Crippen LogP contribution >= 0.6 is 11.3 Å². The molecule has 1 aromatic heterocycles. The number of aromatic nitrogens is 1. The van der Waals surface area contributed by atoms with E-state index in [9.17, 15) is 4.79 Å². The molecule has 3 nitrogen and oxygen atoms in total. The van der Waals surface area contributed by atoms with Crippen molar-refractivity contribution in [2.24, 2.45) is 17.3 Å². The number of carbonyl (C=O) groups is 1. The Bertz CT molecular complexity index is 486. The average Bonchev–Trinajstić information content (AvgIpc) is 2.69. The fraction of sp³-hybridized carbons (Fsp3) is 0.600. The van der Waals surface area contributed by atoms with Gasteiger partial charge in [-0.1, -0.05) is 25.5 Å². The largest absolute Gasteiger partial charge is 0.340 e. The Hall–Kier alpha value is -1.16. The minimum absolute atomic E-state index is 0.0880. The number of nitrogens with zero attached hydrogens (tertiary/aromatic N) is 2. The van der Waals surface area contributed by atoms with Crippen molar-refractivity contribution in [1.29, 1.82) is 0 Å². The van der Waals surface area contributed by atoms with Crippen molar-refractivity contribution in [2.45, 2.75) is 34.2 Å². The lowest BCUT2D eigenvalue weighted by molar-refractivity contribution is -0.132. The standard InChI is InChI=1S/C15H22N2OS/c1-10(2)6-12-13(15(12,3)4)14(18)17(5)7-11-8-19-9-16-11/h6,8-9,12-13H,7H2,1-5H3/t12-,13-/m1/s1. The van der Waals surface area contributed by atoms with E-state index in [0.717, 1.165) is 5.69 Å². The van der Waals surface area contributed by atoms with Gasteiger partial charge in [0.2, 0.25) is 5.91 Å². The molecule has 0 unspecified atom stereocenters. The highest BCUT2D eigenvalue weighted by molar-refractivity contribution is 7.07. The number of amides is 1. The Morgan fingerprint density at radius 3 is 2.74 bits per heavy atom. The maximum atomic E-state index is 12.5. The molecule has 1 aromatic rings. The van der Waals surface area contributed by atoms with Gasteiger partial charge in [0, 0.05) is 12.4 Å². The zero-order valence-corrected chi connectivity index (χ0v) is 13.1. The first-order chi connectivity index (χ1) is 8.84. The lowest BCUT2D eigenvalue weighted by Gasteiger charge is -2.16. The number of carbonyl (C=O) groups excluding carboxylic acids is 1. The summed E-state index contributed by atoms with van der Waals surface area (Å²) in [6.07, 6.45) is 2.24. The quantitative estimate of drug-likeness (QED) is 0.791. The summed E-state index contributed by atoms with van der Waals surface area (Å²) >= 11 is 1.57. The van der Waals surface area contributed by atoms with E-state index in [1.54, 1.807) is 21.7 Å². The number of thiazole rings is 1. The maximum Gasteiger partial charge on any atom is 0.226 e. The Balaban J connectivity index is 2.02. The van der Waals surface area contributed by atoms with E-state index in [4.69, 9.17) is 0 Å². The summed E-state index contributed by atoms with van der Waals surface area (Å²) in [7, 11) is 1.87. The van der Waals surface area contributed by atoms with Crippen molar-refractivity contribution in [2.75, 3.05) is 7.05 Å². The minimum atomic E-state index is 0.0880. The Morgan fingerprint density at radius 2 is 2.21 bits per heavy atom. The predicted octanol–water partition coefficient (Wildman–Crippen LogP) is 3.34. The van der Waals surface area contributed by atoms with E-state index in [-0.39, 0.29) is 17.2 Å². The topological polar surface area (TPSA) is 33.2 Å². The van der Waals surface area contributed by atoms with Crippen LogP contribution in [0.15, 0.2) is 22.5 Å². The van der Waals surface area contributed by atoms with Gasteiger partial charge in [0.1, 0.15) is 0 Å². The molecule has 0 N–H and O–H groups in total. The molecule has 19 heavy (non-hydrogen) atoms. The molecular formula is C15H22N2OS. The van der Waals surface area contributed by atoms with Crippen molar-refractivity contribution in [3.8, 4) is 0 Å². The van der Waals surface area contributed by atoms with Gasteiger partial charge in [-0.3, -0.25) is 4.79 Å². The zero-order valence-electron chi connectivity index (χ0n) is 12.3. The summed E-state index contributed by atoms with van der Waals surface area (Å²) < 4.78 is 0. The van der Waals surface area contributed by atoms with Gasteiger partial charge < -0.3 is 4.90 Å². The van der Waals surface area contributed by atoms with Crippen LogP contribution in [0.1, 0.15) is 33.4 Å². The third kappa shape index (κ3) is 2.89. The Kier molecular flexibility index (Phi) is 3.81. The third-order valence-corrected chi connectivity index (χ3v) is 4.58. The van der Waals surface area contributed by atoms with Gasteiger partial charge in [0.15, 0.2) is 0 Å². The van der Waals surface area contributed by atoms with Crippen LogP contribution < -0.4 is 0 Å². The molecule has 0 radical (unpaired) electrons. The Morgan fingerprint density at radius 1 is 1.53 bits per heavy atom. The second kappa shape index (κ2) is 5.08. The number of hydrogen-bond donors (Lipinski definition) is 0. The van der Waals surface area contributed by atoms with E-state index in [1.165, 1.54) is 5.57 Å². The monoisotopic (exact) mass is 278 g/mol. The highest BCUT2D eigenvalue weighted by Gasteiger charge is 2.60. The molecule has 2 rings (SSSR count). The fourth-order valence-electron chi connectivity index (χ4n) is 2.69. The minimum Gasteiger partial charge on any atom is -0.340 e.